The summed E-state index contributed by atoms with van der Waals surface area (Å²) in [6.45, 7) is 1.65. The predicted octanol–water partition coefficient (Wildman–Crippen LogP) is 3.06. The zero-order chi connectivity index (χ0) is 15.8. The van der Waals surface area contributed by atoms with Gasteiger partial charge in [0.2, 0.25) is 0 Å². The van der Waals surface area contributed by atoms with Gasteiger partial charge in [0.05, 0.1) is 6.04 Å². The van der Waals surface area contributed by atoms with Crippen LogP contribution in [0, 0.1) is 5.82 Å². The van der Waals surface area contributed by atoms with E-state index in [2.05, 4.69) is 14.9 Å². The minimum absolute atomic E-state index is 0.0793. The Morgan fingerprint density at radius 1 is 1.14 bits per heavy atom. The molecule has 0 saturated heterocycles. The summed E-state index contributed by atoms with van der Waals surface area (Å²) in [5, 5.41) is 0. The molecule has 0 spiro atoms. The minimum atomic E-state index is -0.237. The van der Waals surface area contributed by atoms with E-state index in [0.29, 0.717) is 0 Å². The Labute approximate surface area is 131 Å². The fraction of sp³-hybridized carbons (Fsp3) is 0.412. The quantitative estimate of drug-likeness (QED) is 0.703. The minimum Gasteiger partial charge on any atom is -0.385 e. The van der Waals surface area contributed by atoms with E-state index in [9.17, 15) is 4.39 Å². The van der Waals surface area contributed by atoms with Crippen LogP contribution >= 0.6 is 0 Å². The van der Waals surface area contributed by atoms with Crippen LogP contribution in [-0.2, 0) is 4.74 Å². The topological polar surface area (TPSA) is 38.2 Å². The zero-order valence-corrected chi connectivity index (χ0v) is 13.1. The summed E-state index contributed by atoms with van der Waals surface area (Å²) in [7, 11) is 3.75. The third-order valence-corrected chi connectivity index (χ3v) is 3.57. The lowest BCUT2D eigenvalue weighted by Gasteiger charge is -2.27. The highest BCUT2D eigenvalue weighted by Crippen LogP contribution is 2.25. The SMILES string of the molecule is COCCCCN(C)C(c1ccc(F)cc1)c1ncccn1. The molecule has 0 saturated carbocycles. The standard InChI is InChI=1S/C17H22FN3O/c1-21(12-3-4-13-22-2)16(17-19-10-5-11-20-17)14-6-8-15(18)9-7-14/h5-11,16H,3-4,12-13H2,1-2H3. The maximum Gasteiger partial charge on any atom is 0.149 e. The number of halogens is 1. The maximum atomic E-state index is 13.2. The van der Waals surface area contributed by atoms with E-state index in [1.54, 1.807) is 37.7 Å². The van der Waals surface area contributed by atoms with Crippen LogP contribution in [0.1, 0.15) is 30.3 Å². The first-order valence-corrected chi connectivity index (χ1v) is 7.44. The molecule has 0 fully saturated rings. The van der Waals surface area contributed by atoms with Gasteiger partial charge >= 0.3 is 0 Å². The molecule has 1 aromatic heterocycles. The zero-order valence-electron chi connectivity index (χ0n) is 13.1. The molecule has 5 heteroatoms. The average Bonchev–Trinajstić information content (AvgIpc) is 2.55. The lowest BCUT2D eigenvalue weighted by atomic mass is 10.0. The molecule has 0 aliphatic rings. The summed E-state index contributed by atoms with van der Waals surface area (Å²) in [4.78, 5) is 10.9. The molecule has 1 aromatic carbocycles. The van der Waals surface area contributed by atoms with Crippen LogP contribution in [0.5, 0.6) is 0 Å². The van der Waals surface area contributed by atoms with Gasteiger partial charge in [0.25, 0.3) is 0 Å². The van der Waals surface area contributed by atoms with Gasteiger partial charge in [-0.15, -0.1) is 0 Å². The van der Waals surface area contributed by atoms with Gasteiger partial charge in [-0.3, -0.25) is 4.90 Å². The van der Waals surface area contributed by atoms with E-state index >= 15 is 0 Å². The number of nitrogens with zero attached hydrogens (tertiary/aromatic N) is 3. The first-order valence-electron chi connectivity index (χ1n) is 7.44. The van der Waals surface area contributed by atoms with Crippen molar-refractivity contribution in [3.05, 3.63) is 59.9 Å². The summed E-state index contributed by atoms with van der Waals surface area (Å²) >= 11 is 0. The molecule has 0 aliphatic heterocycles. The van der Waals surface area contributed by atoms with E-state index < -0.39 is 0 Å². The first-order chi connectivity index (χ1) is 10.7. The molecule has 1 atom stereocenters. The van der Waals surface area contributed by atoms with Gasteiger partial charge in [0, 0.05) is 26.1 Å². The van der Waals surface area contributed by atoms with Crippen LogP contribution in [0.4, 0.5) is 4.39 Å². The number of hydrogen-bond acceptors (Lipinski definition) is 4. The molecule has 0 bridgehead atoms. The Kier molecular flexibility index (Phi) is 6.43. The van der Waals surface area contributed by atoms with E-state index in [-0.39, 0.29) is 11.9 Å². The smallest absolute Gasteiger partial charge is 0.149 e. The van der Waals surface area contributed by atoms with Crippen LogP contribution in [0.3, 0.4) is 0 Å². The molecule has 4 nitrogen and oxygen atoms in total. The summed E-state index contributed by atoms with van der Waals surface area (Å²) < 4.78 is 18.3. The van der Waals surface area contributed by atoms with Crippen molar-refractivity contribution < 1.29 is 9.13 Å². The Morgan fingerprint density at radius 3 is 2.45 bits per heavy atom. The highest BCUT2D eigenvalue weighted by Gasteiger charge is 2.21. The van der Waals surface area contributed by atoms with Gasteiger partial charge in [0.1, 0.15) is 11.6 Å². The molecule has 22 heavy (non-hydrogen) atoms. The fourth-order valence-corrected chi connectivity index (χ4v) is 2.43. The monoisotopic (exact) mass is 303 g/mol. The first kappa shape index (κ1) is 16.5. The number of methoxy groups -OCH3 is 1. The number of rotatable bonds is 8. The van der Waals surface area contributed by atoms with Crippen molar-refractivity contribution in [1.29, 1.82) is 0 Å². The predicted molar refractivity (Wildman–Crippen MR) is 84.0 cm³/mol. The lowest BCUT2D eigenvalue weighted by Crippen LogP contribution is -2.28. The molecule has 0 N–H and O–H groups in total. The lowest BCUT2D eigenvalue weighted by molar-refractivity contribution is 0.183. The fourth-order valence-electron chi connectivity index (χ4n) is 2.43. The summed E-state index contributed by atoms with van der Waals surface area (Å²) in [5.74, 6) is 0.488. The van der Waals surface area contributed by atoms with Gasteiger partial charge < -0.3 is 4.74 Å². The van der Waals surface area contributed by atoms with Crippen molar-refractivity contribution in [3.8, 4) is 0 Å². The molecule has 0 radical (unpaired) electrons. The molecule has 1 heterocycles. The third-order valence-electron chi connectivity index (χ3n) is 3.57. The van der Waals surface area contributed by atoms with Gasteiger partial charge in [-0.25, -0.2) is 14.4 Å². The highest BCUT2D eigenvalue weighted by molar-refractivity contribution is 5.25. The van der Waals surface area contributed by atoms with Crippen molar-refractivity contribution in [2.75, 3.05) is 27.3 Å². The highest BCUT2D eigenvalue weighted by atomic mass is 19.1. The second kappa shape index (κ2) is 8.56. The van der Waals surface area contributed by atoms with E-state index in [4.69, 9.17) is 4.74 Å². The van der Waals surface area contributed by atoms with E-state index in [0.717, 1.165) is 37.4 Å². The number of hydrogen-bond donors (Lipinski definition) is 0. The molecule has 1 unspecified atom stereocenters. The second-order valence-electron chi connectivity index (χ2n) is 5.24. The van der Waals surface area contributed by atoms with Crippen LogP contribution < -0.4 is 0 Å². The Bertz CT molecular complexity index is 548. The van der Waals surface area contributed by atoms with E-state index in [1.807, 2.05) is 7.05 Å². The van der Waals surface area contributed by atoms with Crippen molar-refractivity contribution in [1.82, 2.24) is 14.9 Å². The molecular weight excluding hydrogens is 281 g/mol. The van der Waals surface area contributed by atoms with Gasteiger partial charge in [-0.2, -0.15) is 0 Å². The number of ether oxygens (including phenoxy) is 1. The van der Waals surface area contributed by atoms with Gasteiger partial charge in [-0.05, 0) is 50.2 Å². The molecule has 0 aliphatic carbocycles. The molecule has 2 aromatic rings. The number of aromatic nitrogens is 2. The Balaban J connectivity index is 2.16. The van der Waals surface area contributed by atoms with Gasteiger partial charge in [0.15, 0.2) is 0 Å². The number of unbranched alkanes of at least 4 members (excludes halogenated alkanes) is 1. The maximum absolute atomic E-state index is 13.2. The van der Waals surface area contributed by atoms with Crippen LogP contribution in [0.15, 0.2) is 42.7 Å². The molecule has 2 rings (SSSR count). The van der Waals surface area contributed by atoms with Crippen LogP contribution in [0.2, 0.25) is 0 Å². The van der Waals surface area contributed by atoms with Crippen molar-refractivity contribution in [3.63, 3.8) is 0 Å². The molecule has 0 amide bonds. The van der Waals surface area contributed by atoms with E-state index in [1.165, 1.54) is 12.1 Å². The van der Waals surface area contributed by atoms with Crippen molar-refractivity contribution >= 4 is 0 Å². The van der Waals surface area contributed by atoms with Gasteiger partial charge in [-0.1, -0.05) is 12.1 Å². The number of benzene rings is 1. The molecule has 118 valence electrons. The Hall–Kier alpha value is -1.85. The largest absolute Gasteiger partial charge is 0.385 e. The van der Waals surface area contributed by atoms with Crippen molar-refractivity contribution in [2.45, 2.75) is 18.9 Å². The summed E-state index contributed by atoms with van der Waals surface area (Å²) in [6.07, 6.45) is 5.50. The normalized spacial score (nSPS) is 12.5. The van der Waals surface area contributed by atoms with Crippen molar-refractivity contribution in [2.24, 2.45) is 0 Å². The molecular formula is C17H22FN3O. The Morgan fingerprint density at radius 2 is 1.82 bits per heavy atom. The third kappa shape index (κ3) is 4.58. The summed E-state index contributed by atoms with van der Waals surface area (Å²) in [6, 6.07) is 8.26. The average molecular weight is 303 g/mol. The summed E-state index contributed by atoms with van der Waals surface area (Å²) in [5.41, 5.74) is 0.988. The van der Waals surface area contributed by atoms with Crippen LogP contribution in [0.25, 0.3) is 0 Å². The second-order valence-corrected chi connectivity index (χ2v) is 5.24. The van der Waals surface area contributed by atoms with Crippen LogP contribution in [-0.4, -0.2) is 42.2 Å².